The van der Waals surface area contributed by atoms with Crippen molar-refractivity contribution in [1.82, 2.24) is 10.2 Å². The molecule has 94 valence electrons. The maximum atomic E-state index is 4.99. The average Bonchev–Trinajstić information content (AvgIpc) is 2.29. The highest BCUT2D eigenvalue weighted by Gasteiger charge is 2.03. The highest BCUT2D eigenvalue weighted by atomic mass is 16.5. The highest BCUT2D eigenvalue weighted by Crippen LogP contribution is 1.94. The molecule has 0 bridgehead atoms. The Balaban J connectivity index is 3.75. The van der Waals surface area contributed by atoms with Crippen LogP contribution in [-0.2, 0) is 4.74 Å². The van der Waals surface area contributed by atoms with Gasteiger partial charge >= 0.3 is 0 Å². The zero-order valence-corrected chi connectivity index (χ0v) is 10.8. The molecule has 0 spiro atoms. The third kappa shape index (κ3) is 7.29. The number of unbranched alkanes of at least 4 members (excludes halogenated alkanes) is 1. The van der Waals surface area contributed by atoms with Crippen LogP contribution in [0.2, 0.25) is 0 Å². The normalized spacial score (nSPS) is 11.3. The number of methoxy groups -OCH3 is 1. The lowest BCUT2D eigenvalue weighted by molar-refractivity contribution is 0.195. The summed E-state index contributed by atoms with van der Waals surface area (Å²) in [5.74, 6) is 0.945. The van der Waals surface area contributed by atoms with Crippen molar-refractivity contribution in [3.05, 3.63) is 12.7 Å². The molecule has 1 N–H and O–H groups in total. The van der Waals surface area contributed by atoms with Crippen LogP contribution in [-0.4, -0.2) is 51.8 Å². The summed E-state index contributed by atoms with van der Waals surface area (Å²) in [6, 6.07) is 0. The van der Waals surface area contributed by atoms with E-state index in [1.807, 2.05) is 13.1 Å². The lowest BCUT2D eigenvalue weighted by Crippen LogP contribution is -2.40. The topological polar surface area (TPSA) is 36.9 Å². The third-order valence-corrected chi connectivity index (χ3v) is 2.28. The number of rotatable bonds is 8. The SMILES string of the molecule is C=CCCCN(C)C(=NC)NCCCOC. The molecule has 0 aliphatic carbocycles. The summed E-state index contributed by atoms with van der Waals surface area (Å²) < 4.78 is 4.99. The molecule has 16 heavy (non-hydrogen) atoms. The van der Waals surface area contributed by atoms with E-state index < -0.39 is 0 Å². The van der Waals surface area contributed by atoms with Crippen molar-refractivity contribution in [3.63, 3.8) is 0 Å². The van der Waals surface area contributed by atoms with Crippen molar-refractivity contribution in [1.29, 1.82) is 0 Å². The molecular formula is C12H25N3O. The van der Waals surface area contributed by atoms with Crippen molar-refractivity contribution in [2.24, 2.45) is 4.99 Å². The van der Waals surface area contributed by atoms with Crippen LogP contribution in [0.3, 0.4) is 0 Å². The second kappa shape index (κ2) is 10.5. The summed E-state index contributed by atoms with van der Waals surface area (Å²) in [6.07, 6.45) is 5.10. The van der Waals surface area contributed by atoms with Crippen LogP contribution in [0.5, 0.6) is 0 Å². The molecule has 0 aromatic rings. The average molecular weight is 227 g/mol. The smallest absolute Gasteiger partial charge is 0.193 e. The van der Waals surface area contributed by atoms with Crippen LogP contribution in [0.25, 0.3) is 0 Å². The second-order valence-electron chi connectivity index (χ2n) is 3.67. The molecule has 0 amide bonds. The predicted octanol–water partition coefficient (Wildman–Crippen LogP) is 1.50. The van der Waals surface area contributed by atoms with Gasteiger partial charge in [-0.25, -0.2) is 0 Å². The molecule has 0 atom stereocenters. The van der Waals surface area contributed by atoms with Gasteiger partial charge in [0.15, 0.2) is 5.96 Å². The van der Waals surface area contributed by atoms with E-state index >= 15 is 0 Å². The Labute approximate surface area is 99.4 Å². The molecular weight excluding hydrogens is 202 g/mol. The first-order chi connectivity index (χ1) is 7.76. The fourth-order valence-electron chi connectivity index (χ4n) is 1.38. The van der Waals surface area contributed by atoms with Gasteiger partial charge in [-0.3, -0.25) is 4.99 Å². The molecule has 0 fully saturated rings. The number of guanidine groups is 1. The minimum atomic E-state index is 0.782. The van der Waals surface area contributed by atoms with Crippen LogP contribution in [0.4, 0.5) is 0 Å². The zero-order chi connectivity index (χ0) is 12.2. The number of nitrogens with zero attached hydrogens (tertiary/aromatic N) is 2. The number of ether oxygens (including phenoxy) is 1. The number of aliphatic imine (C=N–C) groups is 1. The van der Waals surface area contributed by atoms with Crippen LogP contribution >= 0.6 is 0 Å². The molecule has 0 saturated carbocycles. The molecule has 0 rings (SSSR count). The van der Waals surface area contributed by atoms with Gasteiger partial charge in [-0.15, -0.1) is 6.58 Å². The van der Waals surface area contributed by atoms with Gasteiger partial charge in [-0.2, -0.15) is 0 Å². The summed E-state index contributed by atoms with van der Waals surface area (Å²) >= 11 is 0. The highest BCUT2D eigenvalue weighted by molar-refractivity contribution is 5.79. The first-order valence-electron chi connectivity index (χ1n) is 5.77. The van der Waals surface area contributed by atoms with Gasteiger partial charge < -0.3 is 15.0 Å². The summed E-state index contributed by atoms with van der Waals surface area (Å²) in [7, 11) is 5.58. The van der Waals surface area contributed by atoms with Gasteiger partial charge in [0, 0.05) is 40.9 Å². The molecule has 0 aliphatic rings. The van der Waals surface area contributed by atoms with Crippen molar-refractivity contribution >= 4 is 5.96 Å². The first-order valence-corrected chi connectivity index (χ1v) is 5.77. The Morgan fingerprint density at radius 3 is 2.81 bits per heavy atom. The lowest BCUT2D eigenvalue weighted by atomic mass is 10.3. The molecule has 0 radical (unpaired) electrons. The molecule has 4 nitrogen and oxygen atoms in total. The van der Waals surface area contributed by atoms with Gasteiger partial charge in [0.2, 0.25) is 0 Å². The largest absolute Gasteiger partial charge is 0.385 e. The van der Waals surface area contributed by atoms with Crippen molar-refractivity contribution in [3.8, 4) is 0 Å². The van der Waals surface area contributed by atoms with Crippen molar-refractivity contribution < 1.29 is 4.74 Å². The van der Waals surface area contributed by atoms with Gasteiger partial charge in [-0.1, -0.05) is 6.08 Å². The van der Waals surface area contributed by atoms with Crippen LogP contribution < -0.4 is 5.32 Å². The fourth-order valence-corrected chi connectivity index (χ4v) is 1.38. The Hall–Kier alpha value is -1.03. The maximum absolute atomic E-state index is 4.99. The minimum absolute atomic E-state index is 0.782. The van der Waals surface area contributed by atoms with E-state index in [-0.39, 0.29) is 0 Å². The molecule has 0 aromatic heterocycles. The number of allylic oxidation sites excluding steroid dienone is 1. The molecule has 4 heteroatoms. The van der Waals surface area contributed by atoms with Gasteiger partial charge in [-0.05, 0) is 19.3 Å². The fraction of sp³-hybridized carbons (Fsp3) is 0.750. The summed E-state index contributed by atoms with van der Waals surface area (Å²) in [5.41, 5.74) is 0. The molecule has 0 heterocycles. The van der Waals surface area contributed by atoms with E-state index in [0.717, 1.165) is 44.9 Å². The van der Waals surface area contributed by atoms with Crippen LogP contribution in [0, 0.1) is 0 Å². The second-order valence-corrected chi connectivity index (χ2v) is 3.67. The minimum Gasteiger partial charge on any atom is -0.385 e. The first kappa shape index (κ1) is 15.0. The maximum Gasteiger partial charge on any atom is 0.193 e. The number of hydrogen-bond acceptors (Lipinski definition) is 2. The van der Waals surface area contributed by atoms with Crippen LogP contribution in [0.1, 0.15) is 19.3 Å². The van der Waals surface area contributed by atoms with E-state index in [0.29, 0.717) is 0 Å². The standard InChI is InChI=1S/C12H25N3O/c1-5-6-7-10-15(3)12(13-2)14-9-8-11-16-4/h5H,1,6-11H2,2-4H3,(H,13,14). The zero-order valence-electron chi connectivity index (χ0n) is 10.8. The van der Waals surface area contributed by atoms with E-state index in [9.17, 15) is 0 Å². The Kier molecular flexibility index (Phi) is 9.81. The molecule has 0 saturated heterocycles. The van der Waals surface area contributed by atoms with Crippen molar-refractivity contribution in [2.45, 2.75) is 19.3 Å². The number of hydrogen-bond donors (Lipinski definition) is 1. The summed E-state index contributed by atoms with van der Waals surface area (Å²) in [4.78, 5) is 6.36. The van der Waals surface area contributed by atoms with Gasteiger partial charge in [0.05, 0.1) is 0 Å². The van der Waals surface area contributed by atoms with Crippen LogP contribution in [0.15, 0.2) is 17.6 Å². The Morgan fingerprint density at radius 1 is 1.50 bits per heavy atom. The van der Waals surface area contributed by atoms with E-state index in [2.05, 4.69) is 28.8 Å². The predicted molar refractivity (Wildman–Crippen MR) is 69.9 cm³/mol. The van der Waals surface area contributed by atoms with E-state index in [1.54, 1.807) is 7.11 Å². The quantitative estimate of drug-likeness (QED) is 0.295. The third-order valence-electron chi connectivity index (χ3n) is 2.28. The Morgan fingerprint density at radius 2 is 2.25 bits per heavy atom. The lowest BCUT2D eigenvalue weighted by Gasteiger charge is -2.21. The summed E-state index contributed by atoms with van der Waals surface area (Å²) in [5, 5.41) is 3.30. The Bertz CT molecular complexity index is 204. The molecule has 0 aliphatic heterocycles. The molecule has 0 aromatic carbocycles. The van der Waals surface area contributed by atoms with Gasteiger partial charge in [0.25, 0.3) is 0 Å². The summed E-state index contributed by atoms with van der Waals surface area (Å²) in [6.45, 7) is 6.39. The van der Waals surface area contributed by atoms with E-state index in [1.165, 1.54) is 0 Å². The van der Waals surface area contributed by atoms with Gasteiger partial charge in [0.1, 0.15) is 0 Å². The molecule has 0 unspecified atom stereocenters. The monoisotopic (exact) mass is 227 g/mol. The van der Waals surface area contributed by atoms with Crippen molar-refractivity contribution in [2.75, 3.05) is 40.9 Å². The number of nitrogens with one attached hydrogen (secondary N) is 1. The van der Waals surface area contributed by atoms with E-state index in [4.69, 9.17) is 4.74 Å².